The molecule has 5 N–H and O–H groups in total. The standard InChI is InChI=1S/C42H36ClF7N8O3S/c1-19-11-26-35(38(47)48)55-57(37(26)42(19,49)50)17-33(60)53-31(14-20-12-22(44)16-23(45)13-20)40-54-30-15-21(24-5-4-6-29(46)27(24)18-59)7-8-25(30)41(61)58(40)32-10-9-28(43)34(36(32)52-2)39(51)56-62-3/h4-10,12-13,15-16,19,31,38,52,59H,11,14,17-18H2,1-3H3,(H2,51,56)(H,53,60). The van der Waals surface area contributed by atoms with Crippen molar-refractivity contribution in [2.24, 2.45) is 5.92 Å². The van der Waals surface area contributed by atoms with Crippen LogP contribution < -0.4 is 20.9 Å². The number of aromatic nitrogens is 4. The number of rotatable bonds is 13. The Morgan fingerprint density at radius 1 is 1.08 bits per heavy atom. The van der Waals surface area contributed by atoms with Gasteiger partial charge in [0.15, 0.2) is 0 Å². The molecule has 2 unspecified atom stereocenters. The first-order valence-corrected chi connectivity index (χ1v) is 20.4. The average Bonchev–Trinajstić information content (AvgIpc) is 3.69. The predicted octanol–water partition coefficient (Wildman–Crippen LogP) is 8.37. The van der Waals surface area contributed by atoms with Crippen LogP contribution in [0.5, 0.6) is 0 Å². The molecule has 0 fully saturated rings. The second-order valence-corrected chi connectivity index (χ2v) is 15.5. The number of halogens is 8. The number of amidine groups is 1. The Balaban J connectivity index is 1.48. The molecule has 1 aliphatic rings. The fourth-order valence-corrected chi connectivity index (χ4v) is 8.39. The minimum Gasteiger partial charge on any atom is -0.392 e. The molecule has 0 saturated carbocycles. The van der Waals surface area contributed by atoms with Gasteiger partial charge in [-0.25, -0.2) is 26.9 Å². The van der Waals surface area contributed by atoms with Crippen LogP contribution in [0.3, 0.4) is 0 Å². The molecular weight excluding hydrogens is 865 g/mol. The highest BCUT2D eigenvalue weighted by Gasteiger charge is 2.51. The molecule has 1 aliphatic carbocycles. The molecule has 0 aliphatic heterocycles. The Kier molecular flexibility index (Phi) is 12.4. The minimum atomic E-state index is -3.63. The summed E-state index contributed by atoms with van der Waals surface area (Å²) in [6.07, 6.45) is -2.46. The number of hydrogen-bond acceptors (Lipinski definition) is 8. The zero-order valence-corrected chi connectivity index (χ0v) is 34.5. The number of carbonyl (C=O) groups is 1. The third-order valence-electron chi connectivity index (χ3n) is 10.6. The van der Waals surface area contributed by atoms with Crippen molar-refractivity contribution in [3.63, 3.8) is 0 Å². The molecule has 7 rings (SSSR count). The van der Waals surface area contributed by atoms with E-state index in [4.69, 9.17) is 22.0 Å². The third kappa shape index (κ3) is 8.11. The summed E-state index contributed by atoms with van der Waals surface area (Å²) in [5.41, 5.74) is -2.14. The maximum Gasteiger partial charge on any atom is 0.292 e. The zero-order chi connectivity index (χ0) is 44.8. The van der Waals surface area contributed by atoms with E-state index in [2.05, 4.69) is 20.5 Å². The molecule has 0 bridgehead atoms. The van der Waals surface area contributed by atoms with Crippen molar-refractivity contribution in [1.29, 1.82) is 5.41 Å². The fourth-order valence-electron chi connectivity index (χ4n) is 7.83. The van der Waals surface area contributed by atoms with Crippen LogP contribution in [-0.4, -0.2) is 49.5 Å². The first-order chi connectivity index (χ1) is 29.5. The van der Waals surface area contributed by atoms with Gasteiger partial charge in [0.1, 0.15) is 47.0 Å². The second-order valence-electron chi connectivity index (χ2n) is 14.5. The molecule has 2 aromatic heterocycles. The van der Waals surface area contributed by atoms with Gasteiger partial charge in [-0.2, -0.15) is 13.9 Å². The monoisotopic (exact) mass is 900 g/mol. The molecular formula is C42H36ClF7N8O3S. The number of aliphatic hydroxyl groups excluding tert-OH is 1. The maximum absolute atomic E-state index is 15.5. The number of hydrogen-bond donors (Lipinski definition) is 5. The Bertz CT molecular complexity index is 2800. The van der Waals surface area contributed by atoms with Crippen LogP contribution in [0.4, 0.5) is 36.4 Å². The van der Waals surface area contributed by atoms with E-state index < -0.39 is 90.6 Å². The molecule has 1 amide bonds. The molecule has 6 aromatic rings. The van der Waals surface area contributed by atoms with Gasteiger partial charge in [0.25, 0.3) is 17.9 Å². The van der Waals surface area contributed by atoms with E-state index in [9.17, 15) is 36.6 Å². The quantitative estimate of drug-likeness (QED) is 0.0336. The number of aliphatic hydroxyl groups is 1. The number of nitrogens with zero attached hydrogens (tertiary/aromatic N) is 4. The number of anilines is 1. The highest BCUT2D eigenvalue weighted by molar-refractivity contribution is 7.97. The van der Waals surface area contributed by atoms with Gasteiger partial charge in [0.05, 0.1) is 45.5 Å². The predicted molar refractivity (Wildman–Crippen MR) is 222 cm³/mol. The summed E-state index contributed by atoms with van der Waals surface area (Å²) in [7, 11) is 1.50. The summed E-state index contributed by atoms with van der Waals surface area (Å²) in [5.74, 6) is -9.21. The Hall–Kier alpha value is -5.92. The number of alkyl halides is 4. The van der Waals surface area contributed by atoms with Gasteiger partial charge >= 0.3 is 0 Å². The van der Waals surface area contributed by atoms with Crippen molar-refractivity contribution < 1.29 is 40.6 Å². The van der Waals surface area contributed by atoms with E-state index in [-0.39, 0.29) is 66.8 Å². The van der Waals surface area contributed by atoms with E-state index in [1.54, 1.807) is 12.3 Å². The summed E-state index contributed by atoms with van der Waals surface area (Å²) < 4.78 is 108. The van der Waals surface area contributed by atoms with E-state index in [1.165, 1.54) is 50.4 Å². The van der Waals surface area contributed by atoms with E-state index in [0.29, 0.717) is 16.3 Å². The van der Waals surface area contributed by atoms with Crippen LogP contribution in [0.25, 0.3) is 27.7 Å². The summed E-state index contributed by atoms with van der Waals surface area (Å²) in [5, 5.41) is 28.1. The summed E-state index contributed by atoms with van der Waals surface area (Å²) in [6.45, 7) is -0.502. The van der Waals surface area contributed by atoms with Crippen molar-refractivity contribution >= 4 is 51.9 Å². The van der Waals surface area contributed by atoms with Gasteiger partial charge in [-0.15, -0.1) is 0 Å². The van der Waals surface area contributed by atoms with Crippen LogP contribution in [-0.2, 0) is 36.7 Å². The lowest BCUT2D eigenvalue weighted by Crippen LogP contribution is -2.38. The number of fused-ring (bicyclic) bond motifs is 2. The zero-order valence-electron chi connectivity index (χ0n) is 32.9. The van der Waals surface area contributed by atoms with Crippen LogP contribution in [0.2, 0.25) is 5.02 Å². The van der Waals surface area contributed by atoms with E-state index in [1.807, 2.05) is 0 Å². The van der Waals surface area contributed by atoms with E-state index in [0.717, 1.165) is 34.7 Å². The summed E-state index contributed by atoms with van der Waals surface area (Å²) in [4.78, 5) is 33.9. The van der Waals surface area contributed by atoms with Gasteiger partial charge in [-0.05, 0) is 65.6 Å². The number of amides is 1. The topological polar surface area (TPSA) is 150 Å². The number of benzene rings is 4. The first kappa shape index (κ1) is 44.1. The molecule has 20 heteroatoms. The van der Waals surface area contributed by atoms with Crippen molar-refractivity contribution in [2.75, 3.05) is 18.6 Å². The van der Waals surface area contributed by atoms with Gasteiger partial charge in [-0.1, -0.05) is 48.7 Å². The highest BCUT2D eigenvalue weighted by atomic mass is 35.5. The lowest BCUT2D eigenvalue weighted by molar-refractivity contribution is -0.123. The van der Waals surface area contributed by atoms with Crippen molar-refractivity contribution in [3.05, 3.63) is 139 Å². The normalized spacial score (nSPS) is 14.9. The van der Waals surface area contributed by atoms with Crippen molar-refractivity contribution in [3.8, 4) is 16.8 Å². The Morgan fingerprint density at radius 3 is 2.47 bits per heavy atom. The fraction of sp³-hybridized carbons (Fsp3) is 0.262. The lowest BCUT2D eigenvalue weighted by atomic mass is 9.98. The van der Waals surface area contributed by atoms with Gasteiger partial charge in [0, 0.05) is 42.8 Å². The highest BCUT2D eigenvalue weighted by Crippen LogP contribution is 2.48. The van der Waals surface area contributed by atoms with Gasteiger partial charge in [0.2, 0.25) is 5.91 Å². The molecule has 0 spiro atoms. The van der Waals surface area contributed by atoms with Crippen LogP contribution in [0.1, 0.15) is 58.9 Å². The first-order valence-electron chi connectivity index (χ1n) is 18.8. The number of nitrogens with one attached hydrogen (secondary N) is 4. The molecule has 0 saturated heterocycles. The molecule has 4 aromatic carbocycles. The Labute approximate surface area is 358 Å². The van der Waals surface area contributed by atoms with Crippen molar-refractivity contribution in [2.45, 2.75) is 51.3 Å². The van der Waals surface area contributed by atoms with E-state index >= 15 is 8.78 Å². The largest absolute Gasteiger partial charge is 0.392 e. The molecule has 2 atom stereocenters. The second kappa shape index (κ2) is 17.5. The number of carbonyl (C=O) groups excluding carboxylic acids is 1. The molecule has 324 valence electrons. The smallest absolute Gasteiger partial charge is 0.292 e. The molecule has 2 heterocycles. The van der Waals surface area contributed by atoms with Gasteiger partial charge in [-0.3, -0.25) is 24.2 Å². The lowest BCUT2D eigenvalue weighted by Gasteiger charge is -2.26. The summed E-state index contributed by atoms with van der Waals surface area (Å²) >= 11 is 7.69. The Morgan fingerprint density at radius 2 is 1.81 bits per heavy atom. The van der Waals surface area contributed by atoms with Crippen LogP contribution in [0, 0.1) is 28.8 Å². The average molecular weight is 901 g/mol. The maximum atomic E-state index is 15.5. The minimum absolute atomic E-state index is 0.0137. The van der Waals surface area contributed by atoms with Gasteiger partial charge < -0.3 is 20.5 Å². The molecule has 11 nitrogen and oxygen atoms in total. The molecule has 0 radical (unpaired) electrons. The third-order valence-corrected chi connectivity index (χ3v) is 11.3. The van der Waals surface area contributed by atoms with Crippen LogP contribution in [0.15, 0.2) is 71.5 Å². The van der Waals surface area contributed by atoms with Crippen molar-refractivity contribution in [1.82, 2.24) is 29.4 Å². The SMILES string of the molecule is CNc1c(-n2c(C(Cc3cc(F)cc(F)c3)NC(=O)Cn3nc(C(F)F)c4c3C(F)(F)C(C)C4)nc3cc(-c4cccc(F)c4CO)ccc3c2=O)ccc(Cl)c1C(=N)NSC. The van der Waals surface area contributed by atoms with Crippen LogP contribution >= 0.6 is 23.5 Å². The summed E-state index contributed by atoms with van der Waals surface area (Å²) in [6, 6.07) is 12.3. The molecule has 62 heavy (non-hydrogen) atoms.